The number of hydrogen-bond acceptors (Lipinski definition) is 3. The fraction of sp³-hybridized carbons (Fsp3) is 0.0476. The van der Waals surface area contributed by atoms with Crippen molar-refractivity contribution in [2.45, 2.75) is 10.6 Å². The Morgan fingerprint density at radius 3 is 1.81 bits per heavy atom. The molecule has 0 aliphatic carbocycles. The first-order valence-corrected chi connectivity index (χ1v) is 9.73. The van der Waals surface area contributed by atoms with Gasteiger partial charge in [-0.1, -0.05) is 54.6 Å². The molecule has 4 nitrogen and oxygen atoms in total. The van der Waals surface area contributed by atoms with Crippen LogP contribution in [0, 0.1) is 0 Å². The Labute approximate surface area is 170 Å². The highest BCUT2D eigenvalue weighted by molar-refractivity contribution is 9.10. The molecule has 0 unspecified atom stereocenters. The molecule has 27 heavy (non-hydrogen) atoms. The zero-order valence-corrected chi connectivity index (χ0v) is 16.6. The van der Waals surface area contributed by atoms with E-state index in [1.165, 1.54) is 5.56 Å². The number of hydrogen-bond donors (Lipinski definition) is 2. The number of aromatic carboxylic acids is 2. The number of benzene rings is 3. The number of rotatable bonds is 5. The van der Waals surface area contributed by atoms with Gasteiger partial charge in [-0.15, -0.1) is 11.8 Å². The molecule has 0 spiro atoms. The highest BCUT2D eigenvalue weighted by atomic mass is 79.9. The lowest BCUT2D eigenvalue weighted by molar-refractivity contribution is 0.0683. The van der Waals surface area contributed by atoms with E-state index in [-0.39, 0.29) is 0 Å². The van der Waals surface area contributed by atoms with Crippen molar-refractivity contribution >= 4 is 39.6 Å². The Morgan fingerprint density at radius 2 is 1.26 bits per heavy atom. The van der Waals surface area contributed by atoms with Gasteiger partial charge in [0.1, 0.15) is 0 Å². The van der Waals surface area contributed by atoms with E-state index in [1.807, 2.05) is 42.5 Å². The molecule has 0 radical (unpaired) electrons. The molecule has 138 valence electrons. The molecule has 0 aromatic heterocycles. The second kappa shape index (κ2) is 10.5. The summed E-state index contributed by atoms with van der Waals surface area (Å²) in [5.41, 5.74) is 1.86. The molecule has 0 fully saturated rings. The Morgan fingerprint density at radius 1 is 0.741 bits per heavy atom. The molecule has 3 aromatic rings. The minimum absolute atomic E-state index is 0.294. The molecule has 0 aliphatic heterocycles. The number of carbonyl (C=O) groups is 2. The molecule has 0 heterocycles. The van der Waals surface area contributed by atoms with Crippen molar-refractivity contribution in [3.05, 3.63) is 100 Å². The van der Waals surface area contributed by atoms with E-state index in [1.54, 1.807) is 48.2 Å². The SMILES string of the molecule is O=C(O)c1ccccc1Br.O=C(O)c1ccccc1SCc1ccccc1. The van der Waals surface area contributed by atoms with Gasteiger partial charge >= 0.3 is 11.9 Å². The van der Waals surface area contributed by atoms with E-state index >= 15 is 0 Å². The topological polar surface area (TPSA) is 74.6 Å². The van der Waals surface area contributed by atoms with E-state index in [0.717, 1.165) is 10.6 Å². The van der Waals surface area contributed by atoms with Crippen LogP contribution >= 0.6 is 27.7 Å². The molecule has 0 saturated heterocycles. The fourth-order valence-electron chi connectivity index (χ4n) is 2.14. The third-order valence-electron chi connectivity index (χ3n) is 3.46. The van der Waals surface area contributed by atoms with Crippen LogP contribution in [0.3, 0.4) is 0 Å². The normalized spacial score (nSPS) is 9.81. The van der Waals surface area contributed by atoms with Gasteiger partial charge < -0.3 is 10.2 Å². The van der Waals surface area contributed by atoms with Crippen molar-refractivity contribution in [2.24, 2.45) is 0 Å². The summed E-state index contributed by atoms with van der Waals surface area (Å²) in [6.07, 6.45) is 0. The summed E-state index contributed by atoms with van der Waals surface area (Å²) in [5.74, 6) is -1.00. The van der Waals surface area contributed by atoms with Crippen LogP contribution in [0.4, 0.5) is 0 Å². The Balaban J connectivity index is 0.000000223. The zero-order chi connectivity index (χ0) is 19.6. The van der Waals surface area contributed by atoms with Gasteiger partial charge in [0, 0.05) is 15.1 Å². The van der Waals surface area contributed by atoms with Gasteiger partial charge in [-0.3, -0.25) is 0 Å². The highest BCUT2D eigenvalue weighted by Gasteiger charge is 2.09. The predicted molar refractivity (Wildman–Crippen MR) is 111 cm³/mol. The second-order valence-corrected chi connectivity index (χ2v) is 7.23. The van der Waals surface area contributed by atoms with Gasteiger partial charge in [0.2, 0.25) is 0 Å². The maximum Gasteiger partial charge on any atom is 0.336 e. The van der Waals surface area contributed by atoms with E-state index in [2.05, 4.69) is 15.9 Å². The third-order valence-corrected chi connectivity index (χ3v) is 5.30. The lowest BCUT2D eigenvalue weighted by Gasteiger charge is -2.05. The Kier molecular flexibility index (Phi) is 8.10. The van der Waals surface area contributed by atoms with Gasteiger partial charge in [0.25, 0.3) is 0 Å². The maximum atomic E-state index is 11.0. The molecular weight excluding hydrogens is 428 g/mol. The summed E-state index contributed by atoms with van der Waals surface area (Å²) in [5, 5.41) is 17.6. The number of thioether (sulfide) groups is 1. The van der Waals surface area contributed by atoms with Gasteiger partial charge in [-0.25, -0.2) is 9.59 Å². The summed E-state index contributed by atoms with van der Waals surface area (Å²) in [7, 11) is 0. The molecule has 3 aromatic carbocycles. The second-order valence-electron chi connectivity index (χ2n) is 5.36. The molecule has 6 heteroatoms. The van der Waals surface area contributed by atoms with E-state index in [0.29, 0.717) is 15.6 Å². The quantitative estimate of drug-likeness (QED) is 0.484. The summed E-state index contributed by atoms with van der Waals surface area (Å²) < 4.78 is 0.613. The fourth-order valence-corrected chi connectivity index (χ4v) is 3.59. The molecule has 0 atom stereocenters. The van der Waals surface area contributed by atoms with Crippen molar-refractivity contribution in [3.8, 4) is 0 Å². The number of carboxylic acids is 2. The van der Waals surface area contributed by atoms with Crippen LogP contribution in [0.25, 0.3) is 0 Å². The lowest BCUT2D eigenvalue weighted by Crippen LogP contribution is -1.98. The standard InChI is InChI=1S/C14H12O2S.C7H5BrO2/c15-14(16)12-8-4-5-9-13(12)17-10-11-6-2-1-3-7-11;8-6-4-2-1-3-5(6)7(9)10/h1-9H,10H2,(H,15,16);1-4H,(H,9,10). The van der Waals surface area contributed by atoms with Crippen molar-refractivity contribution in [3.63, 3.8) is 0 Å². The van der Waals surface area contributed by atoms with Crippen molar-refractivity contribution in [1.29, 1.82) is 0 Å². The first-order chi connectivity index (χ1) is 13.0. The minimum Gasteiger partial charge on any atom is -0.478 e. The van der Waals surface area contributed by atoms with Crippen molar-refractivity contribution in [1.82, 2.24) is 0 Å². The first-order valence-electron chi connectivity index (χ1n) is 7.96. The minimum atomic E-state index is -0.910. The monoisotopic (exact) mass is 444 g/mol. The van der Waals surface area contributed by atoms with Crippen LogP contribution in [0.15, 0.2) is 88.2 Å². The van der Waals surface area contributed by atoms with Crippen molar-refractivity contribution in [2.75, 3.05) is 0 Å². The van der Waals surface area contributed by atoms with E-state index < -0.39 is 11.9 Å². The summed E-state index contributed by atoms with van der Waals surface area (Å²) >= 11 is 4.66. The smallest absolute Gasteiger partial charge is 0.336 e. The molecular formula is C21H17BrO4S. The highest BCUT2D eigenvalue weighted by Crippen LogP contribution is 2.26. The van der Waals surface area contributed by atoms with Crippen LogP contribution in [-0.4, -0.2) is 22.2 Å². The van der Waals surface area contributed by atoms with Gasteiger partial charge in [-0.2, -0.15) is 0 Å². The van der Waals surface area contributed by atoms with Gasteiger partial charge in [0.05, 0.1) is 11.1 Å². The van der Waals surface area contributed by atoms with Crippen LogP contribution in [0.5, 0.6) is 0 Å². The third kappa shape index (κ3) is 6.58. The van der Waals surface area contributed by atoms with E-state index in [9.17, 15) is 9.59 Å². The molecule has 0 bridgehead atoms. The van der Waals surface area contributed by atoms with Gasteiger partial charge in [-0.05, 0) is 45.8 Å². The lowest BCUT2D eigenvalue weighted by atomic mass is 10.2. The van der Waals surface area contributed by atoms with Crippen LogP contribution in [0.2, 0.25) is 0 Å². The average molecular weight is 445 g/mol. The molecule has 0 saturated carbocycles. The first kappa shape index (κ1) is 20.7. The Hall–Kier alpha value is -2.57. The number of carboxylic acid groups (broad SMARTS) is 2. The van der Waals surface area contributed by atoms with Crippen LogP contribution in [0.1, 0.15) is 26.3 Å². The molecule has 3 rings (SSSR count). The largest absolute Gasteiger partial charge is 0.478 e. The van der Waals surface area contributed by atoms with Crippen LogP contribution in [-0.2, 0) is 5.75 Å². The maximum absolute atomic E-state index is 11.0. The van der Waals surface area contributed by atoms with Crippen LogP contribution < -0.4 is 0 Å². The number of halogens is 1. The predicted octanol–water partition coefficient (Wildman–Crippen LogP) is 5.82. The molecule has 0 aliphatic rings. The summed E-state index contributed by atoms with van der Waals surface area (Å²) in [4.78, 5) is 22.2. The molecule has 0 amide bonds. The zero-order valence-electron chi connectivity index (χ0n) is 14.2. The summed E-state index contributed by atoms with van der Waals surface area (Å²) in [6, 6.07) is 23.8. The average Bonchev–Trinajstić information content (AvgIpc) is 2.68. The molecule has 2 N–H and O–H groups in total. The van der Waals surface area contributed by atoms with Crippen molar-refractivity contribution < 1.29 is 19.8 Å². The summed E-state index contributed by atoms with van der Waals surface area (Å²) in [6.45, 7) is 0. The van der Waals surface area contributed by atoms with E-state index in [4.69, 9.17) is 10.2 Å². The van der Waals surface area contributed by atoms with Gasteiger partial charge in [0.15, 0.2) is 0 Å². The Bertz CT molecular complexity index is 913.